The highest BCUT2D eigenvalue weighted by molar-refractivity contribution is 5.80. The SMILES string of the molecule is CCCCN(CCCC)C(=O)C(C)OC. The van der Waals surface area contributed by atoms with Gasteiger partial charge in [-0.3, -0.25) is 4.79 Å². The van der Waals surface area contributed by atoms with Crippen molar-refractivity contribution in [3.63, 3.8) is 0 Å². The maximum absolute atomic E-state index is 11.9. The van der Waals surface area contributed by atoms with Gasteiger partial charge < -0.3 is 9.64 Å². The van der Waals surface area contributed by atoms with Crippen LogP contribution in [0.15, 0.2) is 0 Å². The molecule has 0 N–H and O–H groups in total. The molecular formula is C12H25NO2. The molecule has 3 heteroatoms. The van der Waals surface area contributed by atoms with Crippen LogP contribution in [0.2, 0.25) is 0 Å². The number of carbonyl (C=O) groups excluding carboxylic acids is 1. The molecule has 0 aromatic rings. The smallest absolute Gasteiger partial charge is 0.251 e. The lowest BCUT2D eigenvalue weighted by molar-refractivity contribution is -0.141. The van der Waals surface area contributed by atoms with Crippen LogP contribution in [-0.4, -0.2) is 37.1 Å². The second kappa shape index (κ2) is 8.72. The summed E-state index contributed by atoms with van der Waals surface area (Å²) in [4.78, 5) is 13.8. The number of hydrogen-bond acceptors (Lipinski definition) is 2. The number of ether oxygens (including phenoxy) is 1. The van der Waals surface area contributed by atoms with Crippen molar-refractivity contribution in [1.82, 2.24) is 4.90 Å². The van der Waals surface area contributed by atoms with Gasteiger partial charge in [0, 0.05) is 20.2 Å². The molecule has 0 aromatic carbocycles. The summed E-state index contributed by atoms with van der Waals surface area (Å²) in [7, 11) is 1.58. The molecule has 0 bridgehead atoms. The van der Waals surface area contributed by atoms with Crippen LogP contribution >= 0.6 is 0 Å². The normalized spacial score (nSPS) is 12.5. The zero-order valence-corrected chi connectivity index (χ0v) is 10.6. The zero-order valence-electron chi connectivity index (χ0n) is 10.6. The topological polar surface area (TPSA) is 29.5 Å². The number of hydrogen-bond donors (Lipinski definition) is 0. The van der Waals surface area contributed by atoms with E-state index in [1.54, 1.807) is 7.11 Å². The maximum Gasteiger partial charge on any atom is 0.251 e. The van der Waals surface area contributed by atoms with Gasteiger partial charge in [0.15, 0.2) is 0 Å². The van der Waals surface area contributed by atoms with E-state index in [2.05, 4.69) is 13.8 Å². The van der Waals surface area contributed by atoms with Crippen LogP contribution in [0.4, 0.5) is 0 Å². The van der Waals surface area contributed by atoms with Crippen LogP contribution in [0.1, 0.15) is 46.5 Å². The first-order chi connectivity index (χ1) is 7.17. The van der Waals surface area contributed by atoms with Crippen LogP contribution in [0.3, 0.4) is 0 Å². The van der Waals surface area contributed by atoms with E-state index in [0.717, 1.165) is 38.8 Å². The van der Waals surface area contributed by atoms with Gasteiger partial charge in [-0.25, -0.2) is 0 Å². The van der Waals surface area contributed by atoms with Crippen LogP contribution in [0.25, 0.3) is 0 Å². The van der Waals surface area contributed by atoms with Crippen molar-refractivity contribution in [2.24, 2.45) is 0 Å². The van der Waals surface area contributed by atoms with E-state index in [-0.39, 0.29) is 12.0 Å². The fraction of sp³-hybridized carbons (Fsp3) is 0.917. The Morgan fingerprint density at radius 1 is 1.20 bits per heavy atom. The van der Waals surface area contributed by atoms with Crippen molar-refractivity contribution >= 4 is 5.91 Å². The van der Waals surface area contributed by atoms with Crippen molar-refractivity contribution in [1.29, 1.82) is 0 Å². The molecule has 0 aliphatic heterocycles. The fourth-order valence-electron chi connectivity index (χ4n) is 1.39. The third-order valence-electron chi connectivity index (χ3n) is 2.58. The van der Waals surface area contributed by atoms with Gasteiger partial charge in [0.1, 0.15) is 6.10 Å². The summed E-state index contributed by atoms with van der Waals surface area (Å²) in [5.41, 5.74) is 0. The number of unbranched alkanes of at least 4 members (excludes halogenated alkanes) is 2. The van der Waals surface area contributed by atoms with Crippen molar-refractivity contribution in [2.75, 3.05) is 20.2 Å². The van der Waals surface area contributed by atoms with Crippen molar-refractivity contribution in [3.8, 4) is 0 Å². The maximum atomic E-state index is 11.9. The van der Waals surface area contributed by atoms with E-state index in [4.69, 9.17) is 4.74 Å². The summed E-state index contributed by atoms with van der Waals surface area (Å²) in [6.07, 6.45) is 4.09. The predicted octanol–water partition coefficient (Wildman–Crippen LogP) is 2.45. The summed E-state index contributed by atoms with van der Waals surface area (Å²) in [6.45, 7) is 7.82. The Balaban J connectivity index is 4.13. The Morgan fingerprint density at radius 3 is 2.00 bits per heavy atom. The van der Waals surface area contributed by atoms with E-state index < -0.39 is 0 Å². The molecule has 1 atom stereocenters. The molecule has 15 heavy (non-hydrogen) atoms. The van der Waals surface area contributed by atoms with Crippen molar-refractivity contribution in [3.05, 3.63) is 0 Å². The molecule has 0 radical (unpaired) electrons. The molecular weight excluding hydrogens is 190 g/mol. The Kier molecular flexibility index (Phi) is 8.38. The van der Waals surface area contributed by atoms with Crippen molar-refractivity contribution < 1.29 is 9.53 Å². The van der Waals surface area contributed by atoms with Crippen LogP contribution < -0.4 is 0 Å². The minimum Gasteiger partial charge on any atom is -0.372 e. The Labute approximate surface area is 93.8 Å². The number of carbonyl (C=O) groups is 1. The van der Waals surface area contributed by atoms with Gasteiger partial charge in [0.05, 0.1) is 0 Å². The van der Waals surface area contributed by atoms with Crippen molar-refractivity contribution in [2.45, 2.75) is 52.6 Å². The van der Waals surface area contributed by atoms with E-state index in [0.29, 0.717) is 0 Å². The van der Waals surface area contributed by atoms with E-state index in [1.807, 2.05) is 11.8 Å². The average Bonchev–Trinajstić information content (AvgIpc) is 2.27. The average molecular weight is 215 g/mol. The molecule has 0 aromatic heterocycles. The molecule has 0 rings (SSSR count). The second-order valence-corrected chi connectivity index (χ2v) is 3.91. The van der Waals surface area contributed by atoms with Gasteiger partial charge in [-0.1, -0.05) is 26.7 Å². The first-order valence-corrected chi connectivity index (χ1v) is 5.98. The number of rotatable bonds is 8. The molecule has 3 nitrogen and oxygen atoms in total. The van der Waals surface area contributed by atoms with E-state index in [1.165, 1.54) is 0 Å². The van der Waals surface area contributed by atoms with Gasteiger partial charge in [0.25, 0.3) is 5.91 Å². The highest BCUT2D eigenvalue weighted by atomic mass is 16.5. The van der Waals surface area contributed by atoms with E-state index in [9.17, 15) is 4.79 Å². The minimum atomic E-state index is -0.307. The van der Waals surface area contributed by atoms with Gasteiger partial charge >= 0.3 is 0 Å². The van der Waals surface area contributed by atoms with Crippen LogP contribution in [0.5, 0.6) is 0 Å². The molecule has 0 spiro atoms. The van der Waals surface area contributed by atoms with Crippen LogP contribution in [0, 0.1) is 0 Å². The van der Waals surface area contributed by atoms with Gasteiger partial charge in [0.2, 0.25) is 0 Å². The molecule has 0 aliphatic rings. The molecule has 0 heterocycles. The standard InChI is InChI=1S/C12H25NO2/c1-5-7-9-13(10-8-6-2)12(14)11(3)15-4/h11H,5-10H2,1-4H3. The second-order valence-electron chi connectivity index (χ2n) is 3.91. The summed E-state index contributed by atoms with van der Waals surface area (Å²) in [6, 6.07) is 0. The summed E-state index contributed by atoms with van der Waals surface area (Å²) < 4.78 is 5.06. The molecule has 1 unspecified atom stereocenters. The Hall–Kier alpha value is -0.570. The lowest BCUT2D eigenvalue weighted by Gasteiger charge is -2.25. The minimum absolute atomic E-state index is 0.124. The highest BCUT2D eigenvalue weighted by Crippen LogP contribution is 2.03. The summed E-state index contributed by atoms with van der Waals surface area (Å²) in [5.74, 6) is 0.124. The first-order valence-electron chi connectivity index (χ1n) is 5.98. The largest absolute Gasteiger partial charge is 0.372 e. The van der Waals surface area contributed by atoms with Gasteiger partial charge in [-0.15, -0.1) is 0 Å². The van der Waals surface area contributed by atoms with E-state index >= 15 is 0 Å². The molecule has 90 valence electrons. The monoisotopic (exact) mass is 215 g/mol. The first kappa shape index (κ1) is 14.4. The Bertz CT molecular complexity index is 163. The molecule has 0 fully saturated rings. The predicted molar refractivity (Wildman–Crippen MR) is 62.9 cm³/mol. The third-order valence-corrected chi connectivity index (χ3v) is 2.58. The van der Waals surface area contributed by atoms with Gasteiger partial charge in [-0.05, 0) is 19.8 Å². The molecule has 1 amide bonds. The molecule has 0 aliphatic carbocycles. The third kappa shape index (κ3) is 5.78. The molecule has 0 saturated carbocycles. The lowest BCUT2D eigenvalue weighted by atomic mass is 10.2. The van der Waals surface area contributed by atoms with Crippen LogP contribution in [-0.2, 0) is 9.53 Å². The zero-order chi connectivity index (χ0) is 11.7. The number of nitrogens with zero attached hydrogens (tertiary/aromatic N) is 1. The number of methoxy groups -OCH3 is 1. The lowest BCUT2D eigenvalue weighted by Crippen LogP contribution is -2.39. The number of amides is 1. The fourth-order valence-corrected chi connectivity index (χ4v) is 1.39. The molecule has 0 saturated heterocycles. The Morgan fingerprint density at radius 2 is 1.67 bits per heavy atom. The summed E-state index contributed by atoms with van der Waals surface area (Å²) in [5, 5.41) is 0. The summed E-state index contributed by atoms with van der Waals surface area (Å²) >= 11 is 0. The van der Waals surface area contributed by atoms with Gasteiger partial charge in [-0.2, -0.15) is 0 Å². The quantitative estimate of drug-likeness (QED) is 0.622. The highest BCUT2D eigenvalue weighted by Gasteiger charge is 2.18.